The minimum Gasteiger partial charge on any atom is -0.353 e. The number of aromatic nitrogens is 3. The highest BCUT2D eigenvalue weighted by atomic mass is 35.5. The van der Waals surface area contributed by atoms with Crippen molar-refractivity contribution in [2.45, 2.75) is 19.8 Å². The molecular formula is C21H23ClN6O2. The van der Waals surface area contributed by atoms with Crippen LogP contribution in [-0.4, -0.2) is 52.2 Å². The summed E-state index contributed by atoms with van der Waals surface area (Å²) in [4.78, 5) is 25.4. The number of hydrogen-bond acceptors (Lipinski definition) is 6. The van der Waals surface area contributed by atoms with Gasteiger partial charge >= 0.3 is 6.03 Å². The second kappa shape index (κ2) is 8.71. The molecule has 2 aromatic heterocycles. The van der Waals surface area contributed by atoms with Crippen LogP contribution < -0.4 is 10.2 Å². The maximum atomic E-state index is 12.5. The Morgan fingerprint density at radius 2 is 1.90 bits per heavy atom. The SMILES string of the molecule is CC(C)c1nc(-c2ccc(N3CCN(C(=O)Nc4ccccc4Cl)CC3)nc2)no1. The number of anilines is 2. The summed E-state index contributed by atoms with van der Waals surface area (Å²) in [5.74, 6) is 2.20. The molecule has 1 aromatic carbocycles. The number of nitrogens with zero attached hydrogens (tertiary/aromatic N) is 5. The van der Waals surface area contributed by atoms with Gasteiger partial charge in [-0.2, -0.15) is 4.98 Å². The van der Waals surface area contributed by atoms with Gasteiger partial charge in [0.05, 0.1) is 10.7 Å². The molecule has 0 saturated carbocycles. The summed E-state index contributed by atoms with van der Waals surface area (Å²) >= 11 is 6.12. The molecule has 8 nitrogen and oxygen atoms in total. The van der Waals surface area contributed by atoms with E-state index in [4.69, 9.17) is 16.1 Å². The van der Waals surface area contributed by atoms with Crippen LogP contribution in [0.25, 0.3) is 11.4 Å². The van der Waals surface area contributed by atoms with E-state index in [-0.39, 0.29) is 11.9 Å². The molecule has 4 rings (SSSR count). The van der Waals surface area contributed by atoms with Gasteiger partial charge in [0.2, 0.25) is 11.7 Å². The number of piperazine rings is 1. The first-order valence-electron chi connectivity index (χ1n) is 9.86. The van der Waals surface area contributed by atoms with Crippen LogP contribution in [0.15, 0.2) is 47.1 Å². The molecular weight excluding hydrogens is 404 g/mol. The smallest absolute Gasteiger partial charge is 0.322 e. The number of amides is 2. The van der Waals surface area contributed by atoms with Crippen molar-refractivity contribution in [3.63, 3.8) is 0 Å². The lowest BCUT2D eigenvalue weighted by Gasteiger charge is -2.35. The summed E-state index contributed by atoms with van der Waals surface area (Å²) in [6, 6.07) is 10.9. The van der Waals surface area contributed by atoms with Crippen LogP contribution in [0.2, 0.25) is 5.02 Å². The van der Waals surface area contributed by atoms with E-state index in [2.05, 4.69) is 25.3 Å². The summed E-state index contributed by atoms with van der Waals surface area (Å²) in [6.45, 7) is 6.61. The molecule has 1 fully saturated rings. The summed E-state index contributed by atoms with van der Waals surface area (Å²) in [6.07, 6.45) is 1.75. The molecule has 156 valence electrons. The highest BCUT2D eigenvalue weighted by Crippen LogP contribution is 2.23. The molecule has 1 aliphatic heterocycles. The summed E-state index contributed by atoms with van der Waals surface area (Å²) in [7, 11) is 0. The number of carbonyl (C=O) groups is 1. The first kappa shape index (κ1) is 20.2. The van der Waals surface area contributed by atoms with Crippen molar-refractivity contribution in [2.24, 2.45) is 0 Å². The predicted octanol–water partition coefficient (Wildman–Crippen LogP) is 4.26. The normalized spacial score (nSPS) is 14.3. The van der Waals surface area contributed by atoms with Crippen LogP contribution in [0.5, 0.6) is 0 Å². The van der Waals surface area contributed by atoms with Crippen molar-refractivity contribution in [1.29, 1.82) is 0 Å². The fraction of sp³-hybridized carbons (Fsp3) is 0.333. The van der Waals surface area contributed by atoms with Crippen molar-refractivity contribution in [1.82, 2.24) is 20.0 Å². The van der Waals surface area contributed by atoms with Crippen molar-refractivity contribution in [2.75, 3.05) is 36.4 Å². The summed E-state index contributed by atoms with van der Waals surface area (Å²) < 4.78 is 5.26. The van der Waals surface area contributed by atoms with Gasteiger partial charge < -0.3 is 19.6 Å². The standard InChI is InChI=1S/C21H23ClN6O2/c1-14(2)20-25-19(26-30-20)15-7-8-18(23-13-15)27-9-11-28(12-10-27)21(29)24-17-6-4-3-5-16(17)22/h3-8,13-14H,9-12H2,1-2H3,(H,24,29). The van der Waals surface area contributed by atoms with Crippen LogP contribution in [0, 0.1) is 0 Å². The van der Waals surface area contributed by atoms with Gasteiger partial charge in [0.15, 0.2) is 0 Å². The van der Waals surface area contributed by atoms with Crippen LogP contribution in [0.1, 0.15) is 25.7 Å². The lowest BCUT2D eigenvalue weighted by molar-refractivity contribution is 0.208. The van der Waals surface area contributed by atoms with E-state index in [1.54, 1.807) is 23.2 Å². The van der Waals surface area contributed by atoms with Gasteiger partial charge in [-0.1, -0.05) is 42.7 Å². The molecule has 30 heavy (non-hydrogen) atoms. The summed E-state index contributed by atoms with van der Waals surface area (Å²) in [5.41, 5.74) is 1.43. The van der Waals surface area contributed by atoms with Crippen LogP contribution in [0.3, 0.4) is 0 Å². The van der Waals surface area contributed by atoms with Crippen molar-refractivity contribution in [3.05, 3.63) is 53.5 Å². The number of hydrogen-bond donors (Lipinski definition) is 1. The number of halogens is 1. The number of carbonyl (C=O) groups excluding carboxylic acids is 1. The first-order valence-corrected chi connectivity index (χ1v) is 10.2. The lowest BCUT2D eigenvalue weighted by atomic mass is 10.2. The Morgan fingerprint density at radius 3 is 2.53 bits per heavy atom. The molecule has 0 atom stereocenters. The Balaban J connectivity index is 1.34. The highest BCUT2D eigenvalue weighted by molar-refractivity contribution is 6.33. The van der Waals surface area contributed by atoms with Crippen LogP contribution in [0.4, 0.5) is 16.3 Å². The second-order valence-corrected chi connectivity index (χ2v) is 7.81. The number of para-hydroxylation sites is 1. The molecule has 1 aliphatic rings. The maximum absolute atomic E-state index is 12.5. The predicted molar refractivity (Wildman–Crippen MR) is 116 cm³/mol. The number of rotatable bonds is 4. The number of urea groups is 1. The monoisotopic (exact) mass is 426 g/mol. The van der Waals surface area contributed by atoms with Gasteiger partial charge in [-0.3, -0.25) is 0 Å². The maximum Gasteiger partial charge on any atom is 0.322 e. The molecule has 0 unspecified atom stereocenters. The third-order valence-corrected chi connectivity index (χ3v) is 5.28. The molecule has 2 amide bonds. The van der Waals surface area contributed by atoms with Crippen molar-refractivity contribution >= 4 is 29.1 Å². The Morgan fingerprint density at radius 1 is 1.13 bits per heavy atom. The zero-order valence-corrected chi connectivity index (χ0v) is 17.6. The van der Waals surface area contributed by atoms with Gasteiger partial charge in [0.1, 0.15) is 5.82 Å². The molecule has 1 N–H and O–H groups in total. The summed E-state index contributed by atoms with van der Waals surface area (Å²) in [5, 5.41) is 7.41. The molecule has 9 heteroatoms. The Hall–Kier alpha value is -3.13. The Kier molecular flexibility index (Phi) is 5.85. The number of nitrogens with one attached hydrogen (secondary N) is 1. The Bertz CT molecular complexity index is 1010. The Labute approximate surface area is 179 Å². The fourth-order valence-electron chi connectivity index (χ4n) is 3.19. The molecule has 0 bridgehead atoms. The third-order valence-electron chi connectivity index (χ3n) is 4.95. The first-order chi connectivity index (χ1) is 14.5. The molecule has 3 heterocycles. The number of pyridine rings is 1. The van der Waals surface area contributed by atoms with E-state index in [1.807, 2.05) is 38.1 Å². The van der Waals surface area contributed by atoms with E-state index in [1.165, 1.54) is 0 Å². The van der Waals surface area contributed by atoms with Gasteiger partial charge in [-0.25, -0.2) is 9.78 Å². The van der Waals surface area contributed by atoms with E-state index in [0.29, 0.717) is 48.6 Å². The minimum absolute atomic E-state index is 0.149. The van der Waals surface area contributed by atoms with Gasteiger partial charge in [0, 0.05) is 43.9 Å². The number of benzene rings is 1. The molecule has 3 aromatic rings. The second-order valence-electron chi connectivity index (χ2n) is 7.40. The zero-order chi connectivity index (χ0) is 21.1. The lowest BCUT2D eigenvalue weighted by Crippen LogP contribution is -2.50. The van der Waals surface area contributed by atoms with Crippen molar-refractivity contribution < 1.29 is 9.32 Å². The van der Waals surface area contributed by atoms with E-state index < -0.39 is 0 Å². The molecule has 0 aliphatic carbocycles. The zero-order valence-electron chi connectivity index (χ0n) is 16.9. The van der Waals surface area contributed by atoms with E-state index in [9.17, 15) is 4.79 Å². The van der Waals surface area contributed by atoms with Crippen LogP contribution >= 0.6 is 11.6 Å². The van der Waals surface area contributed by atoms with Gasteiger partial charge in [-0.15, -0.1) is 0 Å². The average Bonchev–Trinajstić information content (AvgIpc) is 3.26. The van der Waals surface area contributed by atoms with Gasteiger partial charge in [0.25, 0.3) is 0 Å². The van der Waals surface area contributed by atoms with E-state index in [0.717, 1.165) is 11.4 Å². The van der Waals surface area contributed by atoms with Crippen molar-refractivity contribution in [3.8, 4) is 11.4 Å². The van der Waals surface area contributed by atoms with Gasteiger partial charge in [-0.05, 0) is 24.3 Å². The molecule has 1 saturated heterocycles. The topological polar surface area (TPSA) is 87.4 Å². The largest absolute Gasteiger partial charge is 0.353 e. The fourth-order valence-corrected chi connectivity index (χ4v) is 3.37. The third kappa shape index (κ3) is 4.38. The molecule has 0 radical (unpaired) electrons. The average molecular weight is 427 g/mol. The highest BCUT2D eigenvalue weighted by Gasteiger charge is 2.22. The van der Waals surface area contributed by atoms with Crippen LogP contribution in [-0.2, 0) is 0 Å². The molecule has 0 spiro atoms. The minimum atomic E-state index is -0.149. The quantitative estimate of drug-likeness (QED) is 0.670. The van der Waals surface area contributed by atoms with E-state index >= 15 is 0 Å².